The highest BCUT2D eigenvalue weighted by Gasteiger charge is 2.62. The van der Waals surface area contributed by atoms with E-state index in [-0.39, 0.29) is 11.9 Å². The zero-order chi connectivity index (χ0) is 34.8. The molecule has 0 bridgehead atoms. The first-order valence-electron chi connectivity index (χ1n) is 15.2. The average molecular weight is 634 g/mol. The van der Waals surface area contributed by atoms with Crippen LogP contribution in [-0.2, 0) is 16.6 Å². The molecule has 46 heavy (non-hydrogen) atoms. The summed E-state index contributed by atoms with van der Waals surface area (Å²) >= 11 is 0. The summed E-state index contributed by atoms with van der Waals surface area (Å²) in [5.74, 6) is -0.155. The number of aryl methyl sites for hydroxylation is 3. The molecule has 1 aliphatic heterocycles. The van der Waals surface area contributed by atoms with Crippen LogP contribution in [0, 0.1) is 66.9 Å². The third kappa shape index (κ3) is 8.58. The zero-order valence-corrected chi connectivity index (χ0v) is 28.0. The SMILES string of the molecule is C#C.CCC(NC)c1cc(-c2c(C)cc(C#N)cc2C)cc(F)c1F.CCOC=O.Cn1cnc(C(=O)N2CC3C(C2)C3(C)C)c1. The van der Waals surface area contributed by atoms with Crippen LogP contribution in [0.1, 0.15) is 72.9 Å². The molecule has 0 spiro atoms. The molecule has 2 fully saturated rings. The van der Waals surface area contributed by atoms with Gasteiger partial charge in [-0.2, -0.15) is 5.26 Å². The summed E-state index contributed by atoms with van der Waals surface area (Å²) in [6, 6.07) is 8.31. The number of benzene rings is 2. The van der Waals surface area contributed by atoms with E-state index in [2.05, 4.69) is 47.8 Å². The van der Waals surface area contributed by atoms with Gasteiger partial charge in [-0.1, -0.05) is 20.8 Å². The molecule has 3 unspecified atom stereocenters. The summed E-state index contributed by atoms with van der Waals surface area (Å²) in [6.45, 7) is 14.7. The Morgan fingerprint density at radius 1 is 1.17 bits per heavy atom. The number of imidazole rings is 1. The number of fused-ring (bicyclic) bond motifs is 1. The first kappa shape index (κ1) is 37.6. The summed E-state index contributed by atoms with van der Waals surface area (Å²) in [6.07, 6.45) is 12.1. The number of aromatic nitrogens is 2. The fraction of sp³-hybridized carbons (Fsp3) is 0.444. The number of rotatable bonds is 7. The van der Waals surface area contributed by atoms with Gasteiger partial charge in [-0.05, 0) is 98.0 Å². The van der Waals surface area contributed by atoms with Crippen molar-refractivity contribution in [2.24, 2.45) is 24.3 Å². The fourth-order valence-corrected chi connectivity index (χ4v) is 6.12. The number of carbonyl (C=O) groups is 2. The molecule has 0 radical (unpaired) electrons. The van der Waals surface area contributed by atoms with Crippen molar-refractivity contribution in [1.29, 1.82) is 5.26 Å². The molecule has 1 saturated heterocycles. The molecule has 8 nitrogen and oxygen atoms in total. The normalized spacial score (nSPS) is 17.3. The Labute approximate surface area is 271 Å². The third-order valence-electron chi connectivity index (χ3n) is 8.71. The minimum absolute atomic E-state index is 0.0867. The highest BCUT2D eigenvalue weighted by atomic mass is 19.2. The van der Waals surface area contributed by atoms with Crippen molar-refractivity contribution in [3.63, 3.8) is 0 Å². The maximum Gasteiger partial charge on any atom is 0.293 e. The Hall–Kier alpha value is -4.54. The number of piperidine rings is 1. The Kier molecular flexibility index (Phi) is 13.6. The number of likely N-dealkylation sites (tertiary alicyclic amines) is 1. The van der Waals surface area contributed by atoms with Crippen molar-refractivity contribution in [3.05, 3.63) is 76.4 Å². The second-order valence-corrected chi connectivity index (χ2v) is 11.9. The van der Waals surface area contributed by atoms with Crippen molar-refractivity contribution < 1.29 is 23.1 Å². The number of amides is 1. The van der Waals surface area contributed by atoms with Crippen molar-refractivity contribution in [1.82, 2.24) is 19.8 Å². The Morgan fingerprint density at radius 3 is 2.17 bits per heavy atom. The molecule has 2 aliphatic rings. The fourth-order valence-electron chi connectivity index (χ4n) is 6.12. The molecule has 2 heterocycles. The van der Waals surface area contributed by atoms with Gasteiger partial charge in [0.2, 0.25) is 0 Å². The number of ether oxygens (including phenoxy) is 1. The van der Waals surface area contributed by atoms with Crippen molar-refractivity contribution in [2.75, 3.05) is 26.7 Å². The number of hydrogen-bond donors (Lipinski definition) is 1. The van der Waals surface area contributed by atoms with Crippen LogP contribution in [-0.4, -0.2) is 53.6 Å². The summed E-state index contributed by atoms with van der Waals surface area (Å²) < 4.78 is 34.3. The summed E-state index contributed by atoms with van der Waals surface area (Å²) in [5, 5.41) is 12.1. The van der Waals surface area contributed by atoms with Crippen LogP contribution in [0.25, 0.3) is 11.1 Å². The topological polar surface area (TPSA) is 100 Å². The highest BCUT2D eigenvalue weighted by molar-refractivity contribution is 5.92. The molecule has 5 rings (SSSR count). The second kappa shape index (κ2) is 16.7. The first-order valence-corrected chi connectivity index (χ1v) is 15.2. The smallest absolute Gasteiger partial charge is 0.293 e. The lowest BCUT2D eigenvalue weighted by Crippen LogP contribution is -2.33. The lowest BCUT2D eigenvalue weighted by molar-refractivity contribution is -0.128. The summed E-state index contributed by atoms with van der Waals surface area (Å²) in [5.41, 5.74) is 5.14. The standard InChI is InChI=1S/C19H20F2N2.C12H17N3O.C3H6O2.C2H2/c1-5-17(23-4)15-8-14(9-16(20)19(15)21)18-11(2)6-13(10-22)7-12(18)3;1-12(2)8-4-15(5-9(8)12)11(16)10-6-14(3)7-13-10;1-2-5-3-4;1-2/h6-9,17,23H,5H2,1-4H3;6-9H,4-5H2,1-3H3;3H,2H2,1H3;1-2H. The van der Waals surface area contributed by atoms with Crippen molar-refractivity contribution >= 4 is 12.4 Å². The van der Waals surface area contributed by atoms with E-state index < -0.39 is 11.6 Å². The first-order chi connectivity index (χ1) is 21.8. The Bertz CT molecular complexity index is 1530. The number of halogens is 2. The highest BCUT2D eigenvalue weighted by Crippen LogP contribution is 2.62. The maximum atomic E-state index is 14.2. The monoisotopic (exact) mass is 633 g/mol. The molecule has 1 N–H and O–H groups in total. The molecular formula is C36H45F2N5O3. The van der Waals surface area contributed by atoms with Gasteiger partial charge in [-0.3, -0.25) is 9.59 Å². The summed E-state index contributed by atoms with van der Waals surface area (Å²) in [7, 11) is 3.62. The number of carbonyl (C=O) groups excluding carboxylic acids is 2. The van der Waals surface area contributed by atoms with E-state index in [1.807, 2.05) is 37.3 Å². The van der Waals surface area contributed by atoms with Crippen LogP contribution in [0.5, 0.6) is 0 Å². The molecule has 1 aromatic heterocycles. The number of nitrogens with one attached hydrogen (secondary N) is 1. The molecule has 1 aliphatic carbocycles. The largest absolute Gasteiger partial charge is 0.468 e. The predicted octanol–water partition coefficient (Wildman–Crippen LogP) is 6.37. The predicted molar refractivity (Wildman–Crippen MR) is 176 cm³/mol. The number of nitrogens with zero attached hydrogens (tertiary/aromatic N) is 4. The van der Waals surface area contributed by atoms with Crippen LogP contribution in [0.3, 0.4) is 0 Å². The van der Waals surface area contributed by atoms with Gasteiger partial charge >= 0.3 is 0 Å². The Balaban J connectivity index is 0.000000276. The molecule has 2 aromatic carbocycles. The quantitative estimate of drug-likeness (QED) is 0.240. The molecule has 10 heteroatoms. The molecule has 3 atom stereocenters. The van der Waals surface area contributed by atoms with Gasteiger partial charge in [0.1, 0.15) is 5.69 Å². The van der Waals surface area contributed by atoms with E-state index in [9.17, 15) is 18.4 Å². The number of nitriles is 1. The van der Waals surface area contributed by atoms with E-state index in [4.69, 9.17) is 5.26 Å². The van der Waals surface area contributed by atoms with E-state index in [0.717, 1.165) is 29.8 Å². The van der Waals surface area contributed by atoms with Gasteiger partial charge in [-0.15, -0.1) is 12.8 Å². The minimum Gasteiger partial charge on any atom is -0.468 e. The van der Waals surface area contributed by atoms with Gasteiger partial charge in [0.25, 0.3) is 12.4 Å². The molecule has 1 saturated carbocycles. The number of terminal acetylenes is 1. The van der Waals surface area contributed by atoms with Gasteiger partial charge in [-0.25, -0.2) is 13.8 Å². The maximum absolute atomic E-state index is 14.2. The van der Waals surface area contributed by atoms with Crippen molar-refractivity contribution in [2.45, 2.75) is 54.0 Å². The van der Waals surface area contributed by atoms with Crippen molar-refractivity contribution in [3.8, 4) is 30.0 Å². The number of hydrogen-bond acceptors (Lipinski definition) is 6. The average Bonchev–Trinajstić information content (AvgIpc) is 3.44. The van der Waals surface area contributed by atoms with E-state index in [1.165, 1.54) is 6.07 Å². The molecular weight excluding hydrogens is 588 g/mol. The Morgan fingerprint density at radius 2 is 1.76 bits per heavy atom. The van der Waals surface area contributed by atoms with Gasteiger partial charge < -0.3 is 19.5 Å². The molecule has 246 valence electrons. The summed E-state index contributed by atoms with van der Waals surface area (Å²) in [4.78, 5) is 27.3. The second-order valence-electron chi connectivity index (χ2n) is 11.9. The lowest BCUT2D eigenvalue weighted by atomic mass is 9.91. The minimum atomic E-state index is -0.852. The van der Waals surface area contributed by atoms with E-state index in [1.54, 1.807) is 44.7 Å². The van der Waals surface area contributed by atoms with E-state index in [0.29, 0.717) is 59.1 Å². The van der Waals surface area contributed by atoms with Crippen LogP contribution < -0.4 is 5.32 Å². The van der Waals surface area contributed by atoms with Gasteiger partial charge in [0.05, 0.1) is 24.6 Å². The lowest BCUT2D eigenvalue weighted by Gasteiger charge is -2.21. The third-order valence-corrected chi connectivity index (χ3v) is 8.71. The van der Waals surface area contributed by atoms with Crippen LogP contribution >= 0.6 is 0 Å². The van der Waals surface area contributed by atoms with Gasteiger partial charge in [0.15, 0.2) is 11.6 Å². The molecule has 3 aromatic rings. The zero-order valence-electron chi connectivity index (χ0n) is 28.0. The van der Waals surface area contributed by atoms with Gasteiger partial charge in [0, 0.05) is 37.9 Å². The van der Waals surface area contributed by atoms with E-state index >= 15 is 0 Å². The molecule has 1 amide bonds. The van der Waals surface area contributed by atoms with Crippen LogP contribution in [0.15, 0.2) is 36.8 Å². The van der Waals surface area contributed by atoms with Crippen LogP contribution in [0.2, 0.25) is 0 Å². The van der Waals surface area contributed by atoms with Crippen LogP contribution in [0.4, 0.5) is 8.78 Å².